The van der Waals surface area contributed by atoms with Crippen LogP contribution in [0.3, 0.4) is 0 Å². The Bertz CT molecular complexity index is 546. The number of aliphatic hydroxyl groups is 5. The summed E-state index contributed by atoms with van der Waals surface area (Å²) in [5.74, 6) is -2.37. The van der Waals surface area contributed by atoms with Gasteiger partial charge in [-0.15, -0.1) is 0 Å². The maximum atomic E-state index is 11.6. The molecule has 6 unspecified atom stereocenters. The monoisotopic (exact) mass is 412 g/mol. The van der Waals surface area contributed by atoms with Crippen LogP contribution in [-0.2, 0) is 19.0 Å². The van der Waals surface area contributed by atoms with E-state index in [0.29, 0.717) is 0 Å². The number of hydrogen-bond donors (Lipinski definition) is 7. The largest absolute Gasteiger partial charge is 0.508 e. The van der Waals surface area contributed by atoms with Gasteiger partial charge in [0.2, 0.25) is 6.29 Å². The highest BCUT2D eigenvalue weighted by atomic mass is 16.7. The molecule has 0 saturated carbocycles. The maximum absolute atomic E-state index is 11.6. The number of carboxylic acid groups (broad SMARTS) is 2. The van der Waals surface area contributed by atoms with E-state index in [1.807, 2.05) is 0 Å². The van der Waals surface area contributed by atoms with E-state index in [2.05, 4.69) is 4.74 Å². The van der Waals surface area contributed by atoms with Gasteiger partial charge in [-0.25, -0.2) is 9.59 Å². The zero-order valence-electron chi connectivity index (χ0n) is 15.9. The van der Waals surface area contributed by atoms with Crippen LogP contribution in [0.25, 0.3) is 0 Å². The molecule has 0 aromatic carbocycles. The van der Waals surface area contributed by atoms with Gasteiger partial charge in [-0.1, -0.05) is 20.8 Å². The highest BCUT2D eigenvalue weighted by molar-refractivity contribution is 5.73. The second-order valence-electron chi connectivity index (χ2n) is 7.73. The Morgan fingerprint density at radius 2 is 1.54 bits per heavy atom. The molecule has 12 heteroatoms. The number of rotatable bonds is 7. The van der Waals surface area contributed by atoms with E-state index < -0.39 is 72.7 Å². The summed E-state index contributed by atoms with van der Waals surface area (Å²) in [6.45, 7) is 6.19. The van der Waals surface area contributed by atoms with E-state index in [9.17, 15) is 40.2 Å². The molecular weight excluding hydrogens is 384 g/mol. The van der Waals surface area contributed by atoms with Crippen molar-refractivity contribution in [2.45, 2.75) is 76.9 Å². The summed E-state index contributed by atoms with van der Waals surface area (Å²) < 4.78 is 14.4. The standard InChI is InChI=1S/C16H28O12/c1-5(7(17)9(19)13(23)28-15(24)25)26-14-10(20)8(18)6(16(2,3)4)11(27-14)12(21)22/h5-11,13-14,17-20,23H,1-4H3,(H,21,22)(H,24,25)/t5-,6?,7?,8?,9?,10+,11?,13-,14?/m0/s1. The number of hydrogen-bond acceptors (Lipinski definition) is 10. The highest BCUT2D eigenvalue weighted by Gasteiger charge is 2.53. The Morgan fingerprint density at radius 3 is 1.96 bits per heavy atom. The smallest absolute Gasteiger partial charge is 0.479 e. The molecule has 1 saturated heterocycles. The van der Waals surface area contributed by atoms with Crippen LogP contribution in [0.2, 0.25) is 0 Å². The van der Waals surface area contributed by atoms with Gasteiger partial charge in [0.05, 0.1) is 12.2 Å². The average molecular weight is 412 g/mol. The van der Waals surface area contributed by atoms with E-state index in [0.717, 1.165) is 0 Å². The van der Waals surface area contributed by atoms with Crippen molar-refractivity contribution < 1.29 is 59.5 Å². The Hall–Kier alpha value is -1.54. The van der Waals surface area contributed by atoms with Crippen LogP contribution in [0, 0.1) is 11.3 Å². The fraction of sp³-hybridized carbons (Fsp3) is 0.875. The molecule has 1 rings (SSSR count). The molecule has 0 amide bonds. The molecule has 9 atom stereocenters. The quantitative estimate of drug-likeness (QED) is 0.185. The zero-order valence-corrected chi connectivity index (χ0v) is 15.9. The van der Waals surface area contributed by atoms with E-state index in [4.69, 9.17) is 14.6 Å². The molecule has 1 aliphatic rings. The first-order chi connectivity index (χ1) is 12.7. The minimum Gasteiger partial charge on any atom is -0.479 e. The van der Waals surface area contributed by atoms with Gasteiger partial charge in [0.1, 0.15) is 18.3 Å². The van der Waals surface area contributed by atoms with Crippen LogP contribution in [0.15, 0.2) is 0 Å². The van der Waals surface area contributed by atoms with Crippen molar-refractivity contribution in [3.63, 3.8) is 0 Å². The van der Waals surface area contributed by atoms with Crippen molar-refractivity contribution in [3.8, 4) is 0 Å². The second kappa shape index (κ2) is 9.31. The minimum atomic E-state index is -2.28. The van der Waals surface area contributed by atoms with E-state index in [-0.39, 0.29) is 0 Å². The van der Waals surface area contributed by atoms with Gasteiger partial charge in [-0.3, -0.25) is 0 Å². The van der Waals surface area contributed by atoms with Gasteiger partial charge in [-0.2, -0.15) is 0 Å². The topological polar surface area (TPSA) is 203 Å². The second-order valence-corrected chi connectivity index (χ2v) is 7.73. The minimum absolute atomic E-state index is 0.742. The Labute approximate surface area is 160 Å². The lowest BCUT2D eigenvalue weighted by Crippen LogP contribution is -2.61. The first-order valence-electron chi connectivity index (χ1n) is 8.52. The molecule has 0 spiro atoms. The SMILES string of the molecule is C[C@H](OC1OC(C(=O)O)C(C(C)(C)C)C(O)[C@H]1O)C(O)C(O)[C@@H](O)OC(=O)O. The molecule has 0 aliphatic carbocycles. The van der Waals surface area contributed by atoms with Gasteiger partial charge in [0.15, 0.2) is 12.4 Å². The maximum Gasteiger partial charge on any atom is 0.508 e. The Balaban J connectivity index is 2.90. The van der Waals surface area contributed by atoms with Gasteiger partial charge in [0.25, 0.3) is 0 Å². The summed E-state index contributed by atoms with van der Waals surface area (Å²) in [7, 11) is 0. The van der Waals surface area contributed by atoms with Gasteiger partial charge >= 0.3 is 12.1 Å². The van der Waals surface area contributed by atoms with Gasteiger partial charge in [-0.05, 0) is 12.3 Å². The molecule has 1 aliphatic heterocycles. The first-order valence-corrected chi connectivity index (χ1v) is 8.52. The molecule has 0 radical (unpaired) electrons. The lowest BCUT2D eigenvalue weighted by molar-refractivity contribution is -0.313. The summed E-state index contributed by atoms with van der Waals surface area (Å²) in [6.07, 6.45) is -16.0. The molecule has 0 aromatic rings. The van der Waals surface area contributed by atoms with Crippen LogP contribution in [-0.4, -0.2) is 97.1 Å². The molecule has 28 heavy (non-hydrogen) atoms. The third-order valence-corrected chi connectivity index (χ3v) is 4.54. The van der Waals surface area contributed by atoms with E-state index in [1.54, 1.807) is 20.8 Å². The molecule has 0 bridgehead atoms. The highest BCUT2D eigenvalue weighted by Crippen LogP contribution is 2.39. The number of carbonyl (C=O) groups is 2. The van der Waals surface area contributed by atoms with Crippen LogP contribution in [0.5, 0.6) is 0 Å². The zero-order chi connectivity index (χ0) is 22.0. The molecule has 1 fully saturated rings. The van der Waals surface area contributed by atoms with Crippen LogP contribution in [0.4, 0.5) is 4.79 Å². The average Bonchev–Trinajstić information content (AvgIpc) is 2.55. The summed E-state index contributed by atoms with van der Waals surface area (Å²) in [5, 5.41) is 67.6. The summed E-state index contributed by atoms with van der Waals surface area (Å²) in [6, 6.07) is 0. The molecule has 0 aromatic heterocycles. The van der Waals surface area contributed by atoms with Crippen LogP contribution >= 0.6 is 0 Å². The van der Waals surface area contributed by atoms with E-state index in [1.165, 1.54) is 6.92 Å². The van der Waals surface area contributed by atoms with Crippen LogP contribution < -0.4 is 0 Å². The van der Waals surface area contributed by atoms with Crippen molar-refractivity contribution in [1.82, 2.24) is 0 Å². The van der Waals surface area contributed by atoms with Crippen molar-refractivity contribution in [2.24, 2.45) is 11.3 Å². The molecular formula is C16H28O12. The summed E-state index contributed by atoms with van der Waals surface area (Å²) >= 11 is 0. The van der Waals surface area contributed by atoms with E-state index >= 15 is 0 Å². The normalized spacial score (nSPS) is 32.8. The first kappa shape index (κ1) is 24.5. The number of aliphatic carboxylic acids is 1. The number of aliphatic hydroxyl groups excluding tert-OH is 5. The predicted octanol–water partition coefficient (Wildman–Crippen LogP) is -1.68. The van der Waals surface area contributed by atoms with Crippen molar-refractivity contribution in [3.05, 3.63) is 0 Å². The number of ether oxygens (including phenoxy) is 3. The molecule has 7 N–H and O–H groups in total. The Kier molecular flexibility index (Phi) is 8.14. The van der Waals surface area contributed by atoms with Crippen molar-refractivity contribution in [1.29, 1.82) is 0 Å². The van der Waals surface area contributed by atoms with Crippen molar-refractivity contribution >= 4 is 12.1 Å². The molecule has 1 heterocycles. The lowest BCUT2D eigenvalue weighted by atomic mass is 9.71. The third-order valence-electron chi connectivity index (χ3n) is 4.54. The molecule has 12 nitrogen and oxygen atoms in total. The van der Waals surface area contributed by atoms with Gasteiger partial charge < -0.3 is 50.0 Å². The van der Waals surface area contributed by atoms with Gasteiger partial charge in [0, 0.05) is 5.92 Å². The van der Waals surface area contributed by atoms with Crippen molar-refractivity contribution in [2.75, 3.05) is 0 Å². The predicted molar refractivity (Wildman–Crippen MR) is 88.9 cm³/mol. The number of carboxylic acids is 1. The summed E-state index contributed by atoms with van der Waals surface area (Å²) in [5.41, 5.74) is -0.742. The lowest BCUT2D eigenvalue weighted by Gasteiger charge is -2.47. The fourth-order valence-corrected chi connectivity index (χ4v) is 3.06. The van der Waals surface area contributed by atoms with Crippen LogP contribution in [0.1, 0.15) is 27.7 Å². The fourth-order valence-electron chi connectivity index (χ4n) is 3.06. The molecule has 164 valence electrons. The third kappa shape index (κ3) is 5.73. The summed E-state index contributed by atoms with van der Waals surface area (Å²) in [4.78, 5) is 21.9. The Morgan fingerprint density at radius 1 is 1.00 bits per heavy atom.